The SMILES string of the molecule is O=S(=O)(c1ccc2ccccc2c1)N1C[C@H](S)C[C@H]1CNCc1cccs1. The van der Waals surface area contributed by atoms with E-state index in [0.29, 0.717) is 18.0 Å². The molecule has 4 rings (SSSR count). The summed E-state index contributed by atoms with van der Waals surface area (Å²) < 4.78 is 28.2. The Hall–Kier alpha value is -1.38. The highest BCUT2D eigenvalue weighted by atomic mass is 32.2. The van der Waals surface area contributed by atoms with Gasteiger partial charge in [-0.2, -0.15) is 16.9 Å². The molecule has 1 fully saturated rings. The predicted octanol–water partition coefficient (Wildman–Crippen LogP) is 3.75. The highest BCUT2D eigenvalue weighted by molar-refractivity contribution is 7.89. The van der Waals surface area contributed by atoms with Gasteiger partial charge < -0.3 is 5.32 Å². The van der Waals surface area contributed by atoms with Crippen LogP contribution in [0.4, 0.5) is 0 Å². The van der Waals surface area contributed by atoms with Gasteiger partial charge in [0.15, 0.2) is 0 Å². The van der Waals surface area contributed by atoms with E-state index in [4.69, 9.17) is 0 Å². The van der Waals surface area contributed by atoms with E-state index in [1.54, 1.807) is 27.8 Å². The number of thiophene rings is 1. The predicted molar refractivity (Wildman–Crippen MR) is 115 cm³/mol. The smallest absolute Gasteiger partial charge is 0.243 e. The zero-order chi connectivity index (χ0) is 18.9. The number of thiol groups is 1. The van der Waals surface area contributed by atoms with Crippen LogP contribution in [0.15, 0.2) is 64.9 Å². The van der Waals surface area contributed by atoms with Crippen LogP contribution in [0.3, 0.4) is 0 Å². The van der Waals surface area contributed by atoms with Gasteiger partial charge in [-0.25, -0.2) is 8.42 Å². The van der Waals surface area contributed by atoms with Gasteiger partial charge in [0, 0.05) is 35.8 Å². The quantitative estimate of drug-likeness (QED) is 0.600. The summed E-state index contributed by atoms with van der Waals surface area (Å²) in [5.41, 5.74) is 0. The largest absolute Gasteiger partial charge is 0.310 e. The second-order valence-corrected chi connectivity index (χ2v) is 10.5. The van der Waals surface area contributed by atoms with Crippen molar-refractivity contribution in [2.45, 2.75) is 29.2 Å². The Balaban J connectivity index is 1.54. The van der Waals surface area contributed by atoms with E-state index in [1.165, 1.54) is 4.88 Å². The van der Waals surface area contributed by atoms with E-state index >= 15 is 0 Å². The summed E-state index contributed by atoms with van der Waals surface area (Å²) in [5.74, 6) is 0. The van der Waals surface area contributed by atoms with Crippen LogP contribution in [-0.4, -0.2) is 37.1 Å². The Kier molecular flexibility index (Phi) is 5.57. The molecular weight excluding hydrogens is 396 g/mol. The monoisotopic (exact) mass is 418 g/mol. The van der Waals surface area contributed by atoms with Crippen LogP contribution in [0, 0.1) is 0 Å². The highest BCUT2D eigenvalue weighted by Crippen LogP contribution is 2.30. The van der Waals surface area contributed by atoms with Gasteiger partial charge in [0.1, 0.15) is 0 Å². The number of nitrogens with zero attached hydrogens (tertiary/aromatic N) is 1. The van der Waals surface area contributed by atoms with Crippen LogP contribution >= 0.6 is 24.0 Å². The minimum atomic E-state index is -3.55. The van der Waals surface area contributed by atoms with Gasteiger partial charge in [-0.15, -0.1) is 11.3 Å². The summed E-state index contributed by atoms with van der Waals surface area (Å²) in [6.45, 7) is 1.83. The van der Waals surface area contributed by atoms with E-state index in [1.807, 2.05) is 41.8 Å². The maximum absolute atomic E-state index is 13.3. The van der Waals surface area contributed by atoms with Crippen molar-refractivity contribution in [2.75, 3.05) is 13.1 Å². The van der Waals surface area contributed by atoms with Crippen molar-refractivity contribution < 1.29 is 8.42 Å². The van der Waals surface area contributed by atoms with E-state index in [9.17, 15) is 8.42 Å². The standard InChI is InChI=1S/C20H22N2O2S3/c23-27(24,20-8-7-15-4-1-2-5-16(15)10-20)22-14-18(25)11-17(22)12-21-13-19-6-3-9-26-19/h1-10,17-18,21,25H,11-14H2/t17-,18+/m0/s1. The first-order valence-electron chi connectivity index (χ1n) is 8.96. The summed E-state index contributed by atoms with van der Waals surface area (Å²) in [6.07, 6.45) is 0.757. The Morgan fingerprint density at radius 2 is 1.93 bits per heavy atom. The average molecular weight is 419 g/mol. The molecule has 142 valence electrons. The molecule has 4 nitrogen and oxygen atoms in total. The number of hydrogen-bond donors (Lipinski definition) is 2. The first-order valence-corrected chi connectivity index (χ1v) is 11.8. The Labute approximate surface area is 169 Å². The third-order valence-corrected chi connectivity index (χ3v) is 8.09. The van der Waals surface area contributed by atoms with Crippen molar-refractivity contribution in [3.05, 3.63) is 64.9 Å². The lowest BCUT2D eigenvalue weighted by atomic mass is 10.1. The van der Waals surface area contributed by atoms with Crippen molar-refractivity contribution in [1.82, 2.24) is 9.62 Å². The molecule has 0 aliphatic carbocycles. The second kappa shape index (κ2) is 7.93. The van der Waals surface area contributed by atoms with Crippen molar-refractivity contribution >= 4 is 44.8 Å². The molecule has 2 atom stereocenters. The van der Waals surface area contributed by atoms with Gasteiger partial charge in [0.05, 0.1) is 4.90 Å². The number of fused-ring (bicyclic) bond motifs is 1. The minimum Gasteiger partial charge on any atom is -0.310 e. The molecule has 1 aliphatic rings. The molecule has 0 spiro atoms. The van der Waals surface area contributed by atoms with E-state index in [0.717, 1.165) is 23.7 Å². The molecule has 0 unspecified atom stereocenters. The minimum absolute atomic E-state index is 0.0637. The van der Waals surface area contributed by atoms with E-state index in [2.05, 4.69) is 24.0 Å². The van der Waals surface area contributed by atoms with Crippen molar-refractivity contribution in [2.24, 2.45) is 0 Å². The van der Waals surface area contributed by atoms with Gasteiger partial charge in [-0.05, 0) is 40.8 Å². The Morgan fingerprint density at radius 3 is 2.70 bits per heavy atom. The summed E-state index contributed by atoms with van der Waals surface area (Å²) in [4.78, 5) is 1.60. The Bertz CT molecular complexity index is 1020. The van der Waals surface area contributed by atoms with Gasteiger partial charge in [-0.3, -0.25) is 0 Å². The van der Waals surface area contributed by atoms with Crippen LogP contribution in [-0.2, 0) is 16.6 Å². The number of nitrogens with one attached hydrogen (secondary N) is 1. The normalized spacial score (nSPS) is 21.1. The lowest BCUT2D eigenvalue weighted by Crippen LogP contribution is -2.41. The summed E-state index contributed by atoms with van der Waals surface area (Å²) in [7, 11) is -3.55. The molecule has 1 aromatic heterocycles. The number of sulfonamides is 1. The zero-order valence-corrected chi connectivity index (χ0v) is 17.3. The molecule has 0 saturated carbocycles. The van der Waals surface area contributed by atoms with Gasteiger partial charge >= 0.3 is 0 Å². The molecule has 0 bridgehead atoms. The van der Waals surface area contributed by atoms with Gasteiger partial charge in [0.25, 0.3) is 0 Å². The number of hydrogen-bond acceptors (Lipinski definition) is 5. The maximum atomic E-state index is 13.3. The second-order valence-electron chi connectivity index (χ2n) is 6.84. The van der Waals surface area contributed by atoms with Gasteiger partial charge in [-0.1, -0.05) is 36.4 Å². The molecule has 1 N–H and O–H groups in total. The molecule has 2 heterocycles. The average Bonchev–Trinajstić information content (AvgIpc) is 3.31. The van der Waals surface area contributed by atoms with Crippen molar-refractivity contribution in [3.8, 4) is 0 Å². The topological polar surface area (TPSA) is 49.4 Å². The summed E-state index contributed by atoms with van der Waals surface area (Å²) >= 11 is 6.27. The van der Waals surface area contributed by atoms with Crippen molar-refractivity contribution in [3.63, 3.8) is 0 Å². The van der Waals surface area contributed by atoms with Crippen LogP contribution in [0.25, 0.3) is 10.8 Å². The first kappa shape index (κ1) is 19.0. The fourth-order valence-electron chi connectivity index (χ4n) is 3.58. The van der Waals surface area contributed by atoms with E-state index in [-0.39, 0.29) is 11.3 Å². The van der Waals surface area contributed by atoms with Crippen LogP contribution < -0.4 is 5.32 Å². The molecule has 1 aliphatic heterocycles. The van der Waals surface area contributed by atoms with Crippen LogP contribution in [0.1, 0.15) is 11.3 Å². The van der Waals surface area contributed by atoms with Crippen LogP contribution in [0.5, 0.6) is 0 Å². The molecule has 27 heavy (non-hydrogen) atoms. The first-order chi connectivity index (χ1) is 13.0. The lowest BCUT2D eigenvalue weighted by Gasteiger charge is -2.24. The lowest BCUT2D eigenvalue weighted by molar-refractivity contribution is 0.372. The van der Waals surface area contributed by atoms with E-state index < -0.39 is 10.0 Å². The molecular formula is C20H22N2O2S3. The Morgan fingerprint density at radius 1 is 1.11 bits per heavy atom. The third-order valence-electron chi connectivity index (χ3n) is 4.93. The highest BCUT2D eigenvalue weighted by Gasteiger charge is 2.38. The number of rotatable bonds is 6. The third kappa shape index (κ3) is 4.07. The fourth-order valence-corrected chi connectivity index (χ4v) is 6.50. The summed E-state index contributed by atoms with van der Waals surface area (Å²) in [6, 6.07) is 17.2. The molecule has 3 aromatic rings. The molecule has 1 saturated heterocycles. The molecule has 0 amide bonds. The fraction of sp³-hybridized carbons (Fsp3) is 0.300. The molecule has 0 radical (unpaired) electrons. The number of benzene rings is 2. The molecule has 2 aromatic carbocycles. The molecule has 7 heteroatoms. The summed E-state index contributed by atoms with van der Waals surface area (Å²) in [5, 5.41) is 7.49. The maximum Gasteiger partial charge on any atom is 0.243 e. The van der Waals surface area contributed by atoms with Gasteiger partial charge in [0.2, 0.25) is 10.0 Å². The van der Waals surface area contributed by atoms with Crippen molar-refractivity contribution in [1.29, 1.82) is 0 Å². The van der Waals surface area contributed by atoms with Crippen LogP contribution in [0.2, 0.25) is 0 Å². The zero-order valence-electron chi connectivity index (χ0n) is 14.8.